The highest BCUT2D eigenvalue weighted by Crippen LogP contribution is 2.33. The summed E-state index contributed by atoms with van der Waals surface area (Å²) in [5.74, 6) is -5.54. The highest BCUT2D eigenvalue weighted by Gasteiger charge is 2.51. The molecule has 2 aromatic rings. The van der Waals surface area contributed by atoms with Crippen LogP contribution in [0.4, 0.5) is 8.78 Å². The summed E-state index contributed by atoms with van der Waals surface area (Å²) in [6, 6.07) is 10.5. The van der Waals surface area contributed by atoms with E-state index in [0.717, 1.165) is 0 Å². The van der Waals surface area contributed by atoms with Gasteiger partial charge in [-0.2, -0.15) is 0 Å². The first kappa shape index (κ1) is 29.0. The Labute approximate surface area is 221 Å². The van der Waals surface area contributed by atoms with Crippen LogP contribution < -0.4 is 10.6 Å². The number of likely N-dealkylation sites (tertiary alicyclic amines) is 1. The average Bonchev–Trinajstić information content (AvgIpc) is 3.20. The number of hydrogen-bond donors (Lipinski definition) is 4. The third-order valence-electron chi connectivity index (χ3n) is 6.68. The van der Waals surface area contributed by atoms with Crippen molar-refractivity contribution in [3.8, 4) is 5.75 Å². The molecule has 3 atom stereocenters. The number of nitrogens with zero attached hydrogens (tertiary/aromatic N) is 1. The Morgan fingerprint density at radius 1 is 1.11 bits per heavy atom. The Kier molecular flexibility index (Phi) is 9.43. The normalized spacial score (nSPS) is 18.2. The van der Waals surface area contributed by atoms with Crippen LogP contribution in [0.15, 0.2) is 48.5 Å². The second-order valence-corrected chi connectivity index (χ2v) is 10.2. The molecule has 4 N–H and O–H groups in total. The standard InChI is InChI=1S/C28H35F2N3O5/c1-17(2)12-13-31-26(37)22-15-28(29,30)16-33(22)27(38)24(35)21(14-19-8-5-4-6-9-19)32-25(36)20-10-7-11-23(34)18(20)3/h4-11,17,21-22,24,34-35H,12-16H2,1-3H3,(H,31,37)(H,32,36). The average molecular weight is 532 g/mol. The number of halogens is 2. The van der Waals surface area contributed by atoms with Gasteiger partial charge in [0.2, 0.25) is 5.91 Å². The molecule has 1 aliphatic rings. The summed E-state index contributed by atoms with van der Waals surface area (Å²) < 4.78 is 28.8. The predicted molar refractivity (Wildman–Crippen MR) is 138 cm³/mol. The Balaban J connectivity index is 1.84. The lowest BCUT2D eigenvalue weighted by Gasteiger charge is -2.30. The molecule has 3 amide bonds. The number of phenols is 1. The van der Waals surface area contributed by atoms with Gasteiger partial charge in [0.15, 0.2) is 6.10 Å². The van der Waals surface area contributed by atoms with Gasteiger partial charge in [0.05, 0.1) is 12.6 Å². The first-order valence-corrected chi connectivity index (χ1v) is 12.7. The highest BCUT2D eigenvalue weighted by molar-refractivity contribution is 5.97. The molecule has 38 heavy (non-hydrogen) atoms. The molecule has 1 heterocycles. The number of nitrogens with one attached hydrogen (secondary N) is 2. The van der Waals surface area contributed by atoms with Crippen molar-refractivity contribution >= 4 is 17.7 Å². The van der Waals surface area contributed by atoms with Crippen LogP contribution in [-0.4, -0.2) is 70.0 Å². The number of benzene rings is 2. The van der Waals surface area contributed by atoms with Gasteiger partial charge in [-0.25, -0.2) is 8.78 Å². The molecule has 3 rings (SSSR count). The van der Waals surface area contributed by atoms with Crippen LogP contribution in [-0.2, 0) is 16.0 Å². The summed E-state index contributed by atoms with van der Waals surface area (Å²) in [6.45, 7) is 4.73. The van der Waals surface area contributed by atoms with Gasteiger partial charge in [-0.15, -0.1) is 0 Å². The van der Waals surface area contributed by atoms with E-state index >= 15 is 0 Å². The minimum absolute atomic E-state index is 0.0207. The Bertz CT molecular complexity index is 1140. The number of amides is 3. The molecule has 0 saturated carbocycles. The minimum atomic E-state index is -3.30. The number of aromatic hydroxyl groups is 1. The van der Waals surface area contributed by atoms with E-state index in [1.807, 2.05) is 13.8 Å². The molecule has 0 aromatic heterocycles. The van der Waals surface area contributed by atoms with Crippen molar-refractivity contribution in [1.29, 1.82) is 0 Å². The fraction of sp³-hybridized carbons (Fsp3) is 0.464. The molecule has 1 saturated heterocycles. The summed E-state index contributed by atoms with van der Waals surface area (Å²) in [4.78, 5) is 39.9. The smallest absolute Gasteiger partial charge is 0.267 e. The van der Waals surface area contributed by atoms with E-state index < -0.39 is 54.8 Å². The summed E-state index contributed by atoms with van der Waals surface area (Å²) >= 11 is 0. The second-order valence-electron chi connectivity index (χ2n) is 10.2. The van der Waals surface area contributed by atoms with Crippen molar-refractivity contribution in [1.82, 2.24) is 15.5 Å². The van der Waals surface area contributed by atoms with E-state index in [0.29, 0.717) is 22.4 Å². The number of carbonyl (C=O) groups excluding carboxylic acids is 3. The van der Waals surface area contributed by atoms with Gasteiger partial charge in [0.25, 0.3) is 17.7 Å². The Morgan fingerprint density at radius 3 is 2.45 bits per heavy atom. The van der Waals surface area contributed by atoms with Crippen molar-refractivity contribution in [3.63, 3.8) is 0 Å². The maximum Gasteiger partial charge on any atom is 0.267 e. The lowest BCUT2D eigenvalue weighted by Crippen LogP contribution is -2.56. The third kappa shape index (κ3) is 7.28. The molecule has 3 unspecified atom stereocenters. The fourth-order valence-corrected chi connectivity index (χ4v) is 4.45. The van der Waals surface area contributed by atoms with Crippen LogP contribution in [0.2, 0.25) is 0 Å². The topological polar surface area (TPSA) is 119 Å². The van der Waals surface area contributed by atoms with E-state index in [1.165, 1.54) is 18.2 Å². The van der Waals surface area contributed by atoms with Crippen molar-refractivity contribution in [2.75, 3.05) is 13.1 Å². The molecular weight excluding hydrogens is 496 g/mol. The van der Waals surface area contributed by atoms with Crippen molar-refractivity contribution in [2.45, 2.75) is 64.1 Å². The largest absolute Gasteiger partial charge is 0.508 e. The van der Waals surface area contributed by atoms with Crippen molar-refractivity contribution in [3.05, 3.63) is 65.2 Å². The van der Waals surface area contributed by atoms with Gasteiger partial charge in [-0.05, 0) is 43.4 Å². The van der Waals surface area contributed by atoms with Gasteiger partial charge in [-0.3, -0.25) is 14.4 Å². The summed E-state index contributed by atoms with van der Waals surface area (Å²) in [7, 11) is 0. The molecule has 0 aliphatic carbocycles. The predicted octanol–water partition coefficient (Wildman–Crippen LogP) is 2.80. The van der Waals surface area contributed by atoms with Crippen LogP contribution in [0.1, 0.15) is 48.2 Å². The first-order valence-electron chi connectivity index (χ1n) is 12.7. The molecule has 10 heteroatoms. The molecular formula is C28H35F2N3O5. The van der Waals surface area contributed by atoms with Gasteiger partial charge in [0.1, 0.15) is 11.8 Å². The van der Waals surface area contributed by atoms with E-state index in [4.69, 9.17) is 0 Å². The zero-order valence-electron chi connectivity index (χ0n) is 21.8. The zero-order chi connectivity index (χ0) is 28.0. The monoisotopic (exact) mass is 531 g/mol. The second kappa shape index (κ2) is 12.3. The van der Waals surface area contributed by atoms with Gasteiger partial charge in [0, 0.05) is 24.1 Å². The zero-order valence-corrected chi connectivity index (χ0v) is 21.8. The van der Waals surface area contributed by atoms with Crippen molar-refractivity contribution in [2.24, 2.45) is 5.92 Å². The lowest BCUT2D eigenvalue weighted by atomic mass is 9.98. The van der Waals surface area contributed by atoms with E-state index in [-0.39, 0.29) is 30.2 Å². The molecule has 1 aliphatic heterocycles. The molecule has 1 fully saturated rings. The van der Waals surface area contributed by atoms with E-state index in [9.17, 15) is 33.4 Å². The molecule has 0 spiro atoms. The van der Waals surface area contributed by atoms with Crippen LogP contribution in [0.3, 0.4) is 0 Å². The summed E-state index contributed by atoms with van der Waals surface area (Å²) in [5, 5.41) is 26.3. The van der Waals surface area contributed by atoms with Crippen LogP contribution in [0.25, 0.3) is 0 Å². The van der Waals surface area contributed by atoms with Gasteiger partial charge >= 0.3 is 0 Å². The Morgan fingerprint density at radius 2 is 1.79 bits per heavy atom. The Hall–Kier alpha value is -3.53. The molecule has 206 valence electrons. The van der Waals surface area contributed by atoms with E-state index in [2.05, 4.69) is 10.6 Å². The number of alkyl halides is 2. The maximum absolute atomic E-state index is 14.4. The number of rotatable bonds is 10. The highest BCUT2D eigenvalue weighted by atomic mass is 19.3. The summed E-state index contributed by atoms with van der Waals surface area (Å²) in [6.07, 6.45) is -2.09. The first-order chi connectivity index (χ1) is 17.9. The molecule has 2 aromatic carbocycles. The third-order valence-corrected chi connectivity index (χ3v) is 6.68. The van der Waals surface area contributed by atoms with Crippen molar-refractivity contribution < 1.29 is 33.4 Å². The molecule has 0 bridgehead atoms. The van der Waals surface area contributed by atoms with Gasteiger partial charge in [-0.1, -0.05) is 50.2 Å². The van der Waals surface area contributed by atoms with Crippen LogP contribution >= 0.6 is 0 Å². The quantitative estimate of drug-likeness (QED) is 0.376. The fourth-order valence-electron chi connectivity index (χ4n) is 4.45. The number of aliphatic hydroxyl groups is 1. The number of phenolic OH excluding ortho intramolecular Hbond substituents is 1. The SMILES string of the molecule is Cc1c(O)cccc1C(=O)NC(Cc1ccccc1)C(O)C(=O)N1CC(F)(F)CC1C(=O)NCCC(C)C. The van der Waals surface area contributed by atoms with Crippen LogP contribution in [0, 0.1) is 12.8 Å². The lowest BCUT2D eigenvalue weighted by molar-refractivity contribution is -0.147. The molecule has 8 nitrogen and oxygen atoms in total. The number of aliphatic hydroxyl groups excluding tert-OH is 1. The molecule has 0 radical (unpaired) electrons. The van der Waals surface area contributed by atoms with Crippen LogP contribution in [0.5, 0.6) is 5.75 Å². The minimum Gasteiger partial charge on any atom is -0.508 e. The summed E-state index contributed by atoms with van der Waals surface area (Å²) in [5.41, 5.74) is 1.13. The number of hydrogen-bond acceptors (Lipinski definition) is 5. The van der Waals surface area contributed by atoms with E-state index in [1.54, 1.807) is 37.3 Å². The number of carbonyl (C=O) groups is 3. The maximum atomic E-state index is 14.4. The van der Waals surface area contributed by atoms with Gasteiger partial charge < -0.3 is 25.7 Å².